The average Bonchev–Trinajstić information content (AvgIpc) is 4.19. The number of aromatic nitrogens is 2. The summed E-state index contributed by atoms with van der Waals surface area (Å²) < 4.78 is 18.1. The van der Waals surface area contributed by atoms with Crippen LogP contribution in [0.25, 0.3) is 22.3 Å². The molecule has 7 rings (SSSR count). The third-order valence-electron chi connectivity index (χ3n) is 15.0. The molecule has 2 unspecified atom stereocenters. The van der Waals surface area contributed by atoms with E-state index in [1.807, 2.05) is 6.92 Å². The first-order valence-electron chi connectivity index (χ1n) is 28.0. The number of hydrogen-bond donors (Lipinski definition) is 6. The van der Waals surface area contributed by atoms with E-state index >= 15 is 0 Å². The van der Waals surface area contributed by atoms with Crippen molar-refractivity contribution in [2.24, 2.45) is 11.7 Å². The second kappa shape index (κ2) is 27.8. The molecule has 0 radical (unpaired) electrons. The summed E-state index contributed by atoms with van der Waals surface area (Å²) in [6.07, 6.45) is 1.82. The Labute approximate surface area is 484 Å². The van der Waals surface area contributed by atoms with Gasteiger partial charge in [0.05, 0.1) is 34.3 Å². The van der Waals surface area contributed by atoms with Gasteiger partial charge in [0.1, 0.15) is 31.0 Å². The van der Waals surface area contributed by atoms with Crippen molar-refractivity contribution in [3.05, 3.63) is 86.7 Å². The number of carbonyl (C=O) groups excluding carboxylic acids is 9. The van der Waals surface area contributed by atoms with Crippen molar-refractivity contribution in [2.75, 3.05) is 51.3 Å². The number of anilines is 1. The molecule has 0 aliphatic carbocycles. The van der Waals surface area contributed by atoms with Crippen LogP contribution in [0.3, 0.4) is 0 Å². The van der Waals surface area contributed by atoms with Gasteiger partial charge in [0.25, 0.3) is 5.56 Å². The van der Waals surface area contributed by atoms with E-state index < -0.39 is 70.8 Å². The second-order valence-corrected chi connectivity index (χ2v) is 22.5. The number of esters is 1. The fraction of sp³-hybridized carbons (Fsp3) is 0.500. The molecule has 446 valence electrons. The van der Waals surface area contributed by atoms with E-state index in [4.69, 9.17) is 24.9 Å². The molecule has 0 saturated carbocycles. The Hall–Kier alpha value is -8.06. The molecule has 9 amide bonds. The Kier molecular flexibility index (Phi) is 21.0. The highest BCUT2D eigenvalue weighted by molar-refractivity contribution is 8.00. The lowest BCUT2D eigenvalue weighted by atomic mass is 9.86. The molecule has 3 aliphatic heterocycles. The SMILES string of the molecule is CCCCSC1CC(=O)N(CCCC(=O)N[C@H](C(=O)N[C@@H](CCCNC(N)=O)C(=O)Nc2ccc(COC(=O)N(C)CCN(C)C(=O)Oc3ccc4nc5c(c(CC)c4c3)Cn3c-5cc4c(c3=O)COC(=O)C4(O)CC)cc2)C(C)C)C1=O. The highest BCUT2D eigenvalue weighted by Gasteiger charge is 2.46. The number of nitrogens with one attached hydrogen (secondary N) is 4. The molecule has 4 aromatic rings. The van der Waals surface area contributed by atoms with Gasteiger partial charge in [-0.25, -0.2) is 24.2 Å². The molecular formula is C58H74N10O14S. The van der Waals surface area contributed by atoms with Gasteiger partial charge in [-0.15, -0.1) is 11.8 Å². The molecule has 5 heterocycles. The molecule has 0 spiro atoms. The molecule has 2 aromatic carbocycles. The van der Waals surface area contributed by atoms with E-state index in [0.29, 0.717) is 34.6 Å². The maximum absolute atomic E-state index is 13.8. The average molecular weight is 1170 g/mol. The van der Waals surface area contributed by atoms with E-state index in [0.717, 1.165) is 35.1 Å². The molecule has 4 atom stereocenters. The molecule has 83 heavy (non-hydrogen) atoms. The van der Waals surface area contributed by atoms with Gasteiger partial charge in [-0.05, 0) is 97.7 Å². The lowest BCUT2D eigenvalue weighted by Gasteiger charge is -2.31. The molecule has 0 bridgehead atoms. The van der Waals surface area contributed by atoms with Gasteiger partial charge in [-0.2, -0.15) is 0 Å². The first-order chi connectivity index (χ1) is 39.6. The van der Waals surface area contributed by atoms with Crippen molar-refractivity contribution in [2.45, 2.75) is 135 Å². The summed E-state index contributed by atoms with van der Waals surface area (Å²) in [6, 6.07) is 10.3. The summed E-state index contributed by atoms with van der Waals surface area (Å²) in [5, 5.41) is 22.3. The quantitative estimate of drug-likeness (QED) is 0.0246. The molecule has 1 saturated heterocycles. The van der Waals surface area contributed by atoms with E-state index in [1.54, 1.807) is 73.9 Å². The number of pyridine rings is 2. The topological polar surface area (TPSA) is 320 Å². The molecule has 24 nitrogen and oxygen atoms in total. The first kappa shape index (κ1) is 62.5. The number of amides is 9. The number of fused-ring (bicyclic) bond motifs is 5. The minimum Gasteiger partial charge on any atom is -0.458 e. The smallest absolute Gasteiger partial charge is 0.415 e. The molecule has 3 aliphatic rings. The van der Waals surface area contributed by atoms with Crippen molar-refractivity contribution in [3.8, 4) is 17.1 Å². The number of likely N-dealkylation sites (N-methyl/N-ethyl adjacent to an activating group) is 2. The monoisotopic (exact) mass is 1170 g/mol. The Morgan fingerprint density at radius 2 is 1.64 bits per heavy atom. The lowest BCUT2D eigenvalue weighted by molar-refractivity contribution is -0.172. The summed E-state index contributed by atoms with van der Waals surface area (Å²) in [6.45, 7) is 9.39. The number of unbranched alkanes of at least 4 members (excludes halogenated alkanes) is 1. The fourth-order valence-electron chi connectivity index (χ4n) is 10.1. The van der Waals surface area contributed by atoms with Gasteiger partial charge in [0, 0.05) is 75.3 Å². The maximum atomic E-state index is 13.8. The molecular weight excluding hydrogens is 1090 g/mol. The number of benzene rings is 2. The van der Waals surface area contributed by atoms with Crippen LogP contribution in [0.1, 0.15) is 114 Å². The van der Waals surface area contributed by atoms with E-state index in [2.05, 4.69) is 28.2 Å². The van der Waals surface area contributed by atoms with Crippen molar-refractivity contribution in [1.82, 2.24) is 40.2 Å². The third-order valence-corrected chi connectivity index (χ3v) is 16.3. The molecule has 7 N–H and O–H groups in total. The minimum atomic E-state index is -1.95. The number of imide groups is 1. The number of nitrogens with two attached hydrogens (primary N) is 1. The van der Waals surface area contributed by atoms with Crippen LogP contribution in [-0.4, -0.2) is 146 Å². The summed E-state index contributed by atoms with van der Waals surface area (Å²) in [5.41, 5.74) is 7.64. The standard InChI is InChI=1S/C58H74N10O14S/c1-8-11-26-83-45-29-47(70)67(53(45)74)23-13-15-46(69)64-48(33(4)5)51(72)63-43(14-12-22-60-55(59)76)50(71)61-35-18-16-34(17-19-35)31-81-56(77)65(6)24-25-66(7)57(78)82-36-20-21-42-38(27-36)37(9-2)39-30-68-44(49(39)62-42)28-41-40(52(68)73)32-80-54(75)58(41,79)10-3/h16-21,27-28,33,43,45,48,79H,8-15,22-26,29-32H2,1-7H3,(H,61,71)(H,63,72)(H,64,69)(H3,59,60,76)/t43-,45?,48-,58?/m0/s1. The van der Waals surface area contributed by atoms with Gasteiger partial charge < -0.3 is 60.7 Å². The normalized spacial score (nSPS) is 16.8. The number of likely N-dealkylation sites (tertiary alicyclic amines) is 1. The zero-order chi connectivity index (χ0) is 60.3. The number of aliphatic hydroxyl groups is 1. The number of primary amides is 1. The van der Waals surface area contributed by atoms with Gasteiger partial charge in [0.2, 0.25) is 29.5 Å². The van der Waals surface area contributed by atoms with Crippen LogP contribution in [0.4, 0.5) is 20.1 Å². The number of cyclic esters (lactones) is 1. The number of ether oxygens (including phenoxy) is 3. The number of rotatable bonds is 26. The summed E-state index contributed by atoms with van der Waals surface area (Å²) >= 11 is 1.47. The second-order valence-electron chi connectivity index (χ2n) is 21.2. The highest BCUT2D eigenvalue weighted by atomic mass is 32.2. The number of urea groups is 1. The van der Waals surface area contributed by atoms with Gasteiger partial charge in [-0.1, -0.05) is 53.2 Å². The zero-order valence-corrected chi connectivity index (χ0v) is 48.7. The molecule has 2 aromatic heterocycles. The van der Waals surface area contributed by atoms with Crippen LogP contribution >= 0.6 is 11.8 Å². The van der Waals surface area contributed by atoms with Crippen LogP contribution in [0.15, 0.2) is 53.3 Å². The molecule has 25 heteroatoms. The van der Waals surface area contributed by atoms with Crippen molar-refractivity contribution >= 4 is 82.1 Å². The zero-order valence-electron chi connectivity index (χ0n) is 47.9. The summed E-state index contributed by atoms with van der Waals surface area (Å²) in [7, 11) is 3.05. The van der Waals surface area contributed by atoms with E-state index in [1.165, 1.54) is 40.6 Å². The Morgan fingerprint density at radius 3 is 2.31 bits per heavy atom. The van der Waals surface area contributed by atoms with E-state index in [9.17, 15) is 53.1 Å². The maximum Gasteiger partial charge on any atom is 0.415 e. The van der Waals surface area contributed by atoms with Gasteiger partial charge >= 0.3 is 24.2 Å². The minimum absolute atomic E-state index is 0.0239. The number of carbonyl (C=O) groups is 9. The molecule has 1 fully saturated rings. The number of thioether (sulfide) groups is 1. The predicted octanol–water partition coefficient (Wildman–Crippen LogP) is 4.79. The van der Waals surface area contributed by atoms with Crippen LogP contribution in [0.2, 0.25) is 0 Å². The van der Waals surface area contributed by atoms with Gasteiger partial charge in [-0.3, -0.25) is 33.7 Å². The number of aryl methyl sites for hydroxylation is 1. The largest absolute Gasteiger partial charge is 0.458 e. The Bertz CT molecular complexity index is 3210. The van der Waals surface area contributed by atoms with Gasteiger partial charge in [0.15, 0.2) is 5.60 Å². The summed E-state index contributed by atoms with van der Waals surface area (Å²) in [5.74, 6) is -2.32. The Morgan fingerprint density at radius 1 is 0.916 bits per heavy atom. The highest BCUT2D eigenvalue weighted by Crippen LogP contribution is 2.41. The fourth-order valence-corrected chi connectivity index (χ4v) is 11.3. The number of hydrogen-bond acceptors (Lipinski definition) is 16. The predicted molar refractivity (Wildman–Crippen MR) is 308 cm³/mol. The first-order valence-corrected chi connectivity index (χ1v) is 29.1. The number of nitrogens with zero attached hydrogens (tertiary/aromatic N) is 5. The lowest BCUT2D eigenvalue weighted by Crippen LogP contribution is -2.54. The third kappa shape index (κ3) is 14.8. The Balaban J connectivity index is 0.878. The van der Waals surface area contributed by atoms with Crippen molar-refractivity contribution in [3.63, 3.8) is 0 Å². The summed E-state index contributed by atoms with van der Waals surface area (Å²) in [4.78, 5) is 139. The van der Waals surface area contributed by atoms with Crippen LogP contribution < -0.4 is 37.3 Å². The van der Waals surface area contributed by atoms with Crippen LogP contribution in [-0.2, 0) is 70.0 Å². The van der Waals surface area contributed by atoms with Crippen molar-refractivity contribution in [1.29, 1.82) is 0 Å². The van der Waals surface area contributed by atoms with E-state index in [-0.39, 0.29) is 119 Å². The van der Waals surface area contributed by atoms with Crippen LogP contribution in [0.5, 0.6) is 5.75 Å². The van der Waals surface area contributed by atoms with Crippen LogP contribution in [0, 0.1) is 5.92 Å². The van der Waals surface area contributed by atoms with Crippen molar-refractivity contribution < 1.29 is 62.5 Å².